The van der Waals surface area contributed by atoms with Crippen LogP contribution in [0.5, 0.6) is 0 Å². The maximum atomic E-state index is 13.2. The van der Waals surface area contributed by atoms with Gasteiger partial charge in [0, 0.05) is 18.5 Å². The molecule has 1 fully saturated rings. The van der Waals surface area contributed by atoms with Crippen LogP contribution >= 0.6 is 11.8 Å². The van der Waals surface area contributed by atoms with Crippen molar-refractivity contribution in [3.8, 4) is 0 Å². The Labute approximate surface area is 167 Å². The van der Waals surface area contributed by atoms with Gasteiger partial charge in [-0.15, -0.1) is 20.4 Å². The number of halogens is 3. The molecule has 0 aliphatic carbocycles. The lowest BCUT2D eigenvalue weighted by Gasteiger charge is -2.11. The molecule has 0 amide bonds. The van der Waals surface area contributed by atoms with Gasteiger partial charge in [0.15, 0.2) is 20.6 Å². The van der Waals surface area contributed by atoms with Crippen LogP contribution in [0.4, 0.5) is 13.2 Å². The van der Waals surface area contributed by atoms with Crippen LogP contribution in [-0.2, 0) is 23.1 Å². The molecule has 3 aromatic rings. The van der Waals surface area contributed by atoms with E-state index in [9.17, 15) is 21.6 Å². The normalized spacial score (nSPS) is 19.3. The number of aryl methyl sites for hydroxylation is 1. The number of sulfone groups is 1. The van der Waals surface area contributed by atoms with Gasteiger partial charge in [-0.05, 0) is 37.6 Å². The molecule has 1 atom stereocenters. The third kappa shape index (κ3) is 3.47. The number of rotatable bonds is 3. The van der Waals surface area contributed by atoms with E-state index < -0.39 is 21.8 Å². The molecule has 14 heteroatoms. The van der Waals surface area contributed by atoms with E-state index in [1.54, 1.807) is 25.5 Å². The molecule has 1 saturated heterocycles. The molecule has 156 valence electrons. The van der Waals surface area contributed by atoms with Gasteiger partial charge in [0.1, 0.15) is 10.9 Å². The third-order valence-electron chi connectivity index (χ3n) is 4.96. The van der Waals surface area contributed by atoms with Gasteiger partial charge >= 0.3 is 6.18 Å². The first-order valence-electron chi connectivity index (χ1n) is 8.55. The number of hydrogen-bond donors (Lipinski definition) is 0. The van der Waals surface area contributed by atoms with Crippen LogP contribution in [0.3, 0.4) is 0 Å². The Bertz CT molecular complexity index is 1220. The van der Waals surface area contributed by atoms with Crippen molar-refractivity contribution in [2.24, 2.45) is 7.05 Å². The molecule has 1 aliphatic heterocycles. The van der Waals surface area contributed by atoms with Gasteiger partial charge in [0.25, 0.3) is 5.82 Å². The highest BCUT2D eigenvalue weighted by atomic mass is 32.2. The van der Waals surface area contributed by atoms with Crippen molar-refractivity contribution in [1.82, 2.24) is 34.6 Å². The van der Waals surface area contributed by atoms with E-state index in [-0.39, 0.29) is 23.1 Å². The highest BCUT2D eigenvalue weighted by Gasteiger charge is 2.38. The average Bonchev–Trinajstić information content (AvgIpc) is 3.30. The van der Waals surface area contributed by atoms with E-state index in [0.717, 1.165) is 11.8 Å². The molecule has 29 heavy (non-hydrogen) atoms. The van der Waals surface area contributed by atoms with Crippen molar-refractivity contribution < 1.29 is 21.6 Å². The van der Waals surface area contributed by atoms with E-state index >= 15 is 0 Å². The maximum Gasteiger partial charge on any atom is 0.453 e. The summed E-state index contributed by atoms with van der Waals surface area (Å²) >= 11 is 1.06. The molecule has 0 N–H and O–H groups in total. The van der Waals surface area contributed by atoms with Gasteiger partial charge < -0.3 is 4.57 Å². The fourth-order valence-corrected chi connectivity index (χ4v) is 5.88. The second kappa shape index (κ2) is 6.65. The lowest BCUT2D eigenvalue weighted by Crippen LogP contribution is -2.13. The van der Waals surface area contributed by atoms with Gasteiger partial charge in [0.05, 0.1) is 11.5 Å². The topological polar surface area (TPSA) is 108 Å². The molecular formula is C15H16F3N7O2S2. The summed E-state index contributed by atoms with van der Waals surface area (Å²) in [5.74, 6) is -0.796. The number of hydrogen-bond acceptors (Lipinski definition) is 8. The van der Waals surface area contributed by atoms with Crippen LogP contribution in [0.25, 0.3) is 5.65 Å². The van der Waals surface area contributed by atoms with Crippen LogP contribution in [0.1, 0.15) is 35.1 Å². The van der Waals surface area contributed by atoms with Gasteiger partial charge in [0.2, 0.25) is 0 Å². The molecule has 3 aromatic heterocycles. The summed E-state index contributed by atoms with van der Waals surface area (Å²) in [4.78, 5) is 0. The Morgan fingerprint density at radius 3 is 2.45 bits per heavy atom. The van der Waals surface area contributed by atoms with E-state index in [4.69, 9.17) is 0 Å². The highest BCUT2D eigenvalue weighted by molar-refractivity contribution is 7.99. The van der Waals surface area contributed by atoms with Crippen molar-refractivity contribution in [2.75, 3.05) is 11.5 Å². The Balaban J connectivity index is 1.73. The maximum absolute atomic E-state index is 13.2. The van der Waals surface area contributed by atoms with E-state index in [2.05, 4.69) is 25.5 Å². The number of aromatic nitrogens is 7. The fourth-order valence-electron chi connectivity index (χ4n) is 3.23. The largest absolute Gasteiger partial charge is 0.453 e. The van der Waals surface area contributed by atoms with Crippen LogP contribution in [0, 0.1) is 13.8 Å². The van der Waals surface area contributed by atoms with E-state index in [1.165, 1.54) is 0 Å². The molecule has 1 aliphatic rings. The first kappa shape index (κ1) is 20.1. The fraction of sp³-hybridized carbons (Fsp3) is 0.533. The van der Waals surface area contributed by atoms with Gasteiger partial charge in [-0.3, -0.25) is 0 Å². The summed E-state index contributed by atoms with van der Waals surface area (Å²) in [5.41, 5.74) is 1.21. The van der Waals surface area contributed by atoms with Crippen molar-refractivity contribution in [1.29, 1.82) is 0 Å². The summed E-state index contributed by atoms with van der Waals surface area (Å²) in [7, 11) is -1.39. The van der Waals surface area contributed by atoms with E-state index in [0.29, 0.717) is 38.1 Å². The van der Waals surface area contributed by atoms with Gasteiger partial charge in [-0.25, -0.2) is 8.42 Å². The molecule has 0 bridgehead atoms. The number of alkyl halides is 3. The zero-order valence-electron chi connectivity index (χ0n) is 15.6. The zero-order chi connectivity index (χ0) is 21.1. The lowest BCUT2D eigenvalue weighted by molar-refractivity contribution is -0.146. The van der Waals surface area contributed by atoms with Crippen LogP contribution < -0.4 is 0 Å². The molecular weight excluding hydrogens is 431 g/mol. The second-order valence-corrected chi connectivity index (χ2v) is 10.1. The quantitative estimate of drug-likeness (QED) is 0.600. The molecule has 4 heterocycles. The zero-order valence-corrected chi connectivity index (χ0v) is 17.2. The molecule has 4 rings (SSSR count). The smallest absolute Gasteiger partial charge is 0.309 e. The lowest BCUT2D eigenvalue weighted by atomic mass is 10.1. The third-order valence-corrected chi connectivity index (χ3v) is 7.85. The number of fused-ring (bicyclic) bond motifs is 1. The summed E-state index contributed by atoms with van der Waals surface area (Å²) in [6.07, 6.45) is -4.22. The summed E-state index contributed by atoms with van der Waals surface area (Å²) in [6, 6.07) is 0. The monoisotopic (exact) mass is 447 g/mol. The van der Waals surface area contributed by atoms with Crippen molar-refractivity contribution in [3.63, 3.8) is 0 Å². The predicted molar refractivity (Wildman–Crippen MR) is 96.4 cm³/mol. The highest BCUT2D eigenvalue weighted by Crippen LogP contribution is 2.34. The second-order valence-electron chi connectivity index (χ2n) is 6.91. The standard InChI is InChI=1S/C15H16F3N7O2S2/c1-7-8(2)12(23-25-10(7)19-21-13(25)15(16,17)18)28-14-22-20-11(24(14)3)9-4-5-29(26,27)6-9/h9H,4-6H2,1-3H3. The minimum atomic E-state index is -4.69. The van der Waals surface area contributed by atoms with Gasteiger partial charge in [-0.1, -0.05) is 0 Å². The molecule has 9 nitrogen and oxygen atoms in total. The molecule has 0 spiro atoms. The summed E-state index contributed by atoms with van der Waals surface area (Å²) in [5, 5.41) is 19.8. The van der Waals surface area contributed by atoms with Crippen molar-refractivity contribution >= 4 is 27.2 Å². The number of nitrogens with zero attached hydrogens (tertiary/aromatic N) is 7. The minimum Gasteiger partial charge on any atom is -0.309 e. The Morgan fingerprint density at radius 2 is 1.83 bits per heavy atom. The Hall–Kier alpha value is -2.22. The van der Waals surface area contributed by atoms with Crippen LogP contribution in [-0.4, -0.2) is 54.5 Å². The van der Waals surface area contributed by atoms with Crippen LogP contribution in [0.2, 0.25) is 0 Å². The first-order valence-corrected chi connectivity index (χ1v) is 11.2. The molecule has 0 aromatic carbocycles. The SMILES string of the molecule is Cc1c(Sc2nnc(C3CCS(=O)(=O)C3)n2C)nn2c(C(F)(F)F)nnc2c1C. The Kier molecular flexibility index (Phi) is 4.60. The van der Waals surface area contributed by atoms with E-state index in [1.807, 2.05) is 0 Å². The van der Waals surface area contributed by atoms with Crippen molar-refractivity contribution in [3.05, 3.63) is 22.8 Å². The van der Waals surface area contributed by atoms with Crippen LogP contribution in [0.15, 0.2) is 10.2 Å². The van der Waals surface area contributed by atoms with Gasteiger partial charge in [-0.2, -0.15) is 22.8 Å². The molecule has 0 saturated carbocycles. The Morgan fingerprint density at radius 1 is 1.10 bits per heavy atom. The minimum absolute atomic E-state index is 0.0155. The summed E-state index contributed by atoms with van der Waals surface area (Å²) < 4.78 is 65.4. The first-order chi connectivity index (χ1) is 13.5. The molecule has 1 unspecified atom stereocenters. The van der Waals surface area contributed by atoms with Crippen molar-refractivity contribution in [2.45, 2.75) is 42.5 Å². The molecule has 0 radical (unpaired) electrons. The average molecular weight is 447 g/mol. The summed E-state index contributed by atoms with van der Waals surface area (Å²) in [6.45, 7) is 3.38. The predicted octanol–water partition coefficient (Wildman–Crippen LogP) is 1.94.